The lowest BCUT2D eigenvalue weighted by Crippen LogP contribution is -2.33. The van der Waals surface area contributed by atoms with Crippen molar-refractivity contribution in [2.75, 3.05) is 6.61 Å². The summed E-state index contributed by atoms with van der Waals surface area (Å²) in [6.07, 6.45) is 0. The van der Waals surface area contributed by atoms with Crippen LogP contribution in [0.15, 0.2) is 12.1 Å². The first-order chi connectivity index (χ1) is 8.22. The van der Waals surface area contributed by atoms with E-state index in [1.165, 1.54) is 12.1 Å². The molecule has 0 aromatic heterocycles. The molecule has 0 spiro atoms. The molecule has 5 heteroatoms. The van der Waals surface area contributed by atoms with Crippen LogP contribution in [0.1, 0.15) is 41.4 Å². The maximum Gasteiger partial charge on any atom is 0.336 e. The Morgan fingerprint density at radius 1 is 1.44 bits per heavy atom. The van der Waals surface area contributed by atoms with E-state index in [0.29, 0.717) is 5.56 Å². The molecule has 0 amide bonds. The summed E-state index contributed by atoms with van der Waals surface area (Å²) in [4.78, 5) is 11.2. The quantitative estimate of drug-likeness (QED) is 0.649. The van der Waals surface area contributed by atoms with Crippen molar-refractivity contribution < 1.29 is 20.1 Å². The Bertz CT molecular complexity index is 468. The Morgan fingerprint density at radius 2 is 2.00 bits per heavy atom. The third-order valence-corrected chi connectivity index (χ3v) is 3.21. The highest BCUT2D eigenvalue weighted by atomic mass is 16.4. The molecule has 1 rings (SSSR count). The molecule has 0 radical (unpaired) electrons. The SMILES string of the molecule is Cc1ccc(C(=O)O)c([C@@H](N)C(C)(C)CO)c1O. The molecule has 0 aliphatic carbocycles. The van der Waals surface area contributed by atoms with Gasteiger partial charge in [0.1, 0.15) is 5.75 Å². The van der Waals surface area contributed by atoms with Crippen LogP contribution in [0.25, 0.3) is 0 Å². The predicted molar refractivity (Wildman–Crippen MR) is 67.6 cm³/mol. The van der Waals surface area contributed by atoms with Crippen LogP contribution in [0.2, 0.25) is 0 Å². The van der Waals surface area contributed by atoms with Crippen LogP contribution in [0, 0.1) is 12.3 Å². The lowest BCUT2D eigenvalue weighted by molar-refractivity contribution is 0.0690. The number of aromatic hydroxyl groups is 1. The summed E-state index contributed by atoms with van der Waals surface area (Å²) in [5.74, 6) is -1.27. The molecule has 0 saturated carbocycles. The highest BCUT2D eigenvalue weighted by Gasteiger charge is 2.32. The van der Waals surface area contributed by atoms with E-state index in [-0.39, 0.29) is 23.5 Å². The van der Waals surface area contributed by atoms with Crippen molar-refractivity contribution in [3.05, 3.63) is 28.8 Å². The van der Waals surface area contributed by atoms with Gasteiger partial charge in [-0.05, 0) is 18.6 Å². The Morgan fingerprint density at radius 3 is 2.44 bits per heavy atom. The van der Waals surface area contributed by atoms with Gasteiger partial charge in [0.2, 0.25) is 0 Å². The number of benzene rings is 1. The third-order valence-electron chi connectivity index (χ3n) is 3.21. The van der Waals surface area contributed by atoms with E-state index in [0.717, 1.165) is 0 Å². The number of carboxylic acids is 1. The number of nitrogens with two attached hydrogens (primary N) is 1. The molecule has 0 unspecified atom stereocenters. The van der Waals surface area contributed by atoms with Crippen molar-refractivity contribution in [1.82, 2.24) is 0 Å². The highest BCUT2D eigenvalue weighted by Crippen LogP contribution is 2.38. The van der Waals surface area contributed by atoms with Crippen LogP contribution in [-0.4, -0.2) is 27.9 Å². The van der Waals surface area contributed by atoms with Crippen molar-refractivity contribution in [2.24, 2.45) is 11.1 Å². The van der Waals surface area contributed by atoms with E-state index >= 15 is 0 Å². The first-order valence-electron chi connectivity index (χ1n) is 5.64. The van der Waals surface area contributed by atoms with E-state index in [4.69, 9.17) is 10.8 Å². The number of carboxylic acid groups (broad SMARTS) is 1. The van der Waals surface area contributed by atoms with E-state index in [2.05, 4.69) is 0 Å². The second kappa shape index (κ2) is 4.96. The Balaban J connectivity index is 3.46. The zero-order valence-electron chi connectivity index (χ0n) is 10.8. The van der Waals surface area contributed by atoms with E-state index in [1.54, 1.807) is 20.8 Å². The number of aliphatic hydroxyl groups is 1. The minimum Gasteiger partial charge on any atom is -0.507 e. The van der Waals surface area contributed by atoms with Crippen molar-refractivity contribution >= 4 is 5.97 Å². The Hall–Kier alpha value is -1.59. The highest BCUT2D eigenvalue weighted by molar-refractivity contribution is 5.90. The van der Waals surface area contributed by atoms with E-state index < -0.39 is 17.4 Å². The third kappa shape index (κ3) is 2.47. The standard InChI is InChI=1S/C13H19NO4/c1-7-4-5-8(12(17)18)9(10(7)16)11(14)13(2,3)6-15/h4-5,11,15-16H,6,14H2,1-3H3,(H,17,18)/t11-/m1/s1. The normalized spacial score (nSPS) is 13.4. The van der Waals surface area contributed by atoms with Gasteiger partial charge >= 0.3 is 5.97 Å². The summed E-state index contributed by atoms with van der Waals surface area (Å²) in [7, 11) is 0. The lowest BCUT2D eigenvalue weighted by atomic mass is 9.79. The van der Waals surface area contributed by atoms with Crippen LogP contribution < -0.4 is 5.73 Å². The Labute approximate surface area is 106 Å². The minimum absolute atomic E-state index is 0.0351. The average molecular weight is 253 g/mol. The second-order valence-electron chi connectivity index (χ2n) is 5.12. The average Bonchev–Trinajstić information content (AvgIpc) is 2.31. The van der Waals surface area contributed by atoms with Crippen LogP contribution in [-0.2, 0) is 0 Å². The molecular formula is C13H19NO4. The zero-order valence-corrected chi connectivity index (χ0v) is 10.8. The number of aryl methyl sites for hydroxylation is 1. The molecule has 0 aliphatic rings. The number of carbonyl (C=O) groups is 1. The molecule has 18 heavy (non-hydrogen) atoms. The molecular weight excluding hydrogens is 234 g/mol. The summed E-state index contributed by atoms with van der Waals surface area (Å²) in [5.41, 5.74) is 5.97. The van der Waals surface area contributed by atoms with Gasteiger partial charge in [0, 0.05) is 23.6 Å². The number of hydrogen-bond donors (Lipinski definition) is 4. The maximum absolute atomic E-state index is 11.2. The summed E-state index contributed by atoms with van der Waals surface area (Å²) in [6.45, 7) is 4.89. The molecule has 5 nitrogen and oxygen atoms in total. The van der Waals surface area contributed by atoms with Gasteiger partial charge < -0.3 is 21.1 Å². The predicted octanol–water partition coefficient (Wildman–Crippen LogP) is 1.42. The van der Waals surface area contributed by atoms with Gasteiger partial charge in [0.15, 0.2) is 0 Å². The van der Waals surface area contributed by atoms with Gasteiger partial charge in [-0.3, -0.25) is 0 Å². The minimum atomic E-state index is -1.15. The largest absolute Gasteiger partial charge is 0.507 e. The van der Waals surface area contributed by atoms with Crippen LogP contribution in [0.3, 0.4) is 0 Å². The monoisotopic (exact) mass is 253 g/mol. The van der Waals surface area contributed by atoms with Crippen LogP contribution in [0.4, 0.5) is 0 Å². The molecule has 5 N–H and O–H groups in total. The summed E-state index contributed by atoms with van der Waals surface area (Å²) in [6, 6.07) is 2.18. The van der Waals surface area contributed by atoms with Gasteiger partial charge in [-0.15, -0.1) is 0 Å². The number of aliphatic hydroxyl groups excluding tert-OH is 1. The van der Waals surface area contributed by atoms with E-state index in [9.17, 15) is 15.0 Å². The zero-order chi connectivity index (χ0) is 14.1. The second-order valence-corrected chi connectivity index (χ2v) is 5.12. The van der Waals surface area contributed by atoms with Crippen molar-refractivity contribution in [2.45, 2.75) is 26.8 Å². The summed E-state index contributed by atoms with van der Waals surface area (Å²) >= 11 is 0. The fourth-order valence-corrected chi connectivity index (χ4v) is 1.71. The molecule has 0 fully saturated rings. The number of hydrogen-bond acceptors (Lipinski definition) is 4. The van der Waals surface area contributed by atoms with Gasteiger partial charge in [0.05, 0.1) is 5.56 Å². The Kier molecular flexibility index (Phi) is 3.98. The van der Waals surface area contributed by atoms with Crippen molar-refractivity contribution in [3.8, 4) is 5.75 Å². The number of aromatic carboxylic acids is 1. The topological polar surface area (TPSA) is 104 Å². The first kappa shape index (κ1) is 14.5. The lowest BCUT2D eigenvalue weighted by Gasteiger charge is -2.31. The molecule has 100 valence electrons. The number of rotatable bonds is 4. The van der Waals surface area contributed by atoms with Gasteiger partial charge in [-0.1, -0.05) is 19.9 Å². The molecule has 0 heterocycles. The van der Waals surface area contributed by atoms with Crippen LogP contribution >= 0.6 is 0 Å². The summed E-state index contributed by atoms with van der Waals surface area (Å²) < 4.78 is 0. The maximum atomic E-state index is 11.2. The molecule has 1 aromatic carbocycles. The molecule has 0 aliphatic heterocycles. The van der Waals surface area contributed by atoms with Crippen LogP contribution in [0.5, 0.6) is 5.75 Å². The summed E-state index contributed by atoms with van der Waals surface area (Å²) in [5, 5.41) is 28.5. The molecule has 1 atom stereocenters. The molecule has 0 bridgehead atoms. The van der Waals surface area contributed by atoms with Crippen molar-refractivity contribution in [1.29, 1.82) is 0 Å². The number of phenols is 1. The van der Waals surface area contributed by atoms with Gasteiger partial charge in [0.25, 0.3) is 0 Å². The van der Waals surface area contributed by atoms with Gasteiger partial charge in [-0.2, -0.15) is 0 Å². The first-order valence-corrected chi connectivity index (χ1v) is 5.64. The smallest absolute Gasteiger partial charge is 0.336 e. The van der Waals surface area contributed by atoms with Gasteiger partial charge in [-0.25, -0.2) is 4.79 Å². The molecule has 0 saturated heterocycles. The number of phenolic OH excluding ortho intramolecular Hbond substituents is 1. The fourth-order valence-electron chi connectivity index (χ4n) is 1.71. The van der Waals surface area contributed by atoms with Crippen molar-refractivity contribution in [3.63, 3.8) is 0 Å². The molecule has 1 aromatic rings. The fraction of sp³-hybridized carbons (Fsp3) is 0.462. The van der Waals surface area contributed by atoms with E-state index in [1.807, 2.05) is 0 Å².